The second-order valence-electron chi connectivity index (χ2n) is 7.54. The van der Waals surface area contributed by atoms with E-state index in [1.54, 1.807) is 9.62 Å². The molecule has 1 aliphatic heterocycles. The first-order chi connectivity index (χ1) is 15.0. The summed E-state index contributed by atoms with van der Waals surface area (Å²) in [6.07, 6.45) is 0.580. The highest BCUT2D eigenvalue weighted by atomic mass is 32.2. The molecule has 1 aromatic carbocycles. The van der Waals surface area contributed by atoms with Gasteiger partial charge < -0.3 is 17.2 Å². The molecule has 1 fully saturated rings. The van der Waals surface area contributed by atoms with E-state index in [0.717, 1.165) is 0 Å². The van der Waals surface area contributed by atoms with Crippen LogP contribution in [-0.2, 0) is 30.6 Å². The number of nitrogens with two attached hydrogens (primary N) is 3. The number of carbonyl (C=O) groups excluding carboxylic acids is 2. The zero-order valence-electron chi connectivity index (χ0n) is 17.4. The van der Waals surface area contributed by atoms with E-state index in [4.69, 9.17) is 21.4 Å². The monoisotopic (exact) mass is 472 g/mol. The number of rotatable bonds is 12. The van der Waals surface area contributed by atoms with E-state index in [-0.39, 0.29) is 31.6 Å². The van der Waals surface area contributed by atoms with Crippen LogP contribution < -0.4 is 21.9 Å². The Hall–Kier alpha value is -2.65. The van der Waals surface area contributed by atoms with Crippen LogP contribution in [0.2, 0.25) is 0 Å². The Morgan fingerprint density at radius 3 is 2.50 bits per heavy atom. The van der Waals surface area contributed by atoms with Gasteiger partial charge in [0.2, 0.25) is 5.91 Å². The number of hydrogen-bond acceptors (Lipinski definition) is 10. The Labute approximate surface area is 185 Å². The molecule has 2 amide bonds. The number of likely N-dealkylation sites (tertiary alicyclic amines) is 1. The molecule has 7 N–H and O–H groups in total. The van der Waals surface area contributed by atoms with Crippen molar-refractivity contribution < 1.29 is 27.1 Å². The lowest BCUT2D eigenvalue weighted by Gasteiger charge is -2.21. The number of unbranched alkanes of at least 4 members (excludes halogenated alkanes) is 1. The minimum atomic E-state index is -4.46. The Balaban J connectivity index is 1.98. The average molecular weight is 473 g/mol. The molecule has 1 aromatic rings. The molecule has 3 atom stereocenters. The largest absolute Gasteiger partial charge is 0.368 e. The van der Waals surface area contributed by atoms with Crippen LogP contribution in [0.4, 0.5) is 5.69 Å². The standard InChI is InChI=1S/C18H28N6O7S/c19-8-2-1-3-15(20)18(26)22-32(29,30)31-14-9-16(17(21)25)23(11-14)10-12-4-6-13(7-5-12)24(27)28/h4-7,14-16H,1-3,8-11,19-20H2,(H2,21,25)(H,22,26)/t14-,15+,16+/m1/s1. The molecule has 0 unspecified atom stereocenters. The highest BCUT2D eigenvalue weighted by Gasteiger charge is 2.39. The van der Waals surface area contributed by atoms with Crippen molar-refractivity contribution in [2.24, 2.45) is 17.2 Å². The van der Waals surface area contributed by atoms with Gasteiger partial charge in [0.1, 0.15) is 0 Å². The van der Waals surface area contributed by atoms with Crippen LogP contribution in [0.25, 0.3) is 0 Å². The molecule has 32 heavy (non-hydrogen) atoms. The molecule has 1 saturated heterocycles. The van der Waals surface area contributed by atoms with Crippen LogP contribution >= 0.6 is 0 Å². The van der Waals surface area contributed by atoms with Gasteiger partial charge in [0.25, 0.3) is 11.6 Å². The summed E-state index contributed by atoms with van der Waals surface area (Å²) in [4.78, 5) is 35.7. The Morgan fingerprint density at radius 1 is 1.28 bits per heavy atom. The summed E-state index contributed by atoms with van der Waals surface area (Å²) >= 11 is 0. The third-order valence-corrected chi connectivity index (χ3v) is 6.00. The summed E-state index contributed by atoms with van der Waals surface area (Å²) in [5.74, 6) is -1.56. The van der Waals surface area contributed by atoms with Gasteiger partial charge in [0, 0.05) is 31.6 Å². The van der Waals surface area contributed by atoms with Crippen molar-refractivity contribution in [3.8, 4) is 0 Å². The molecule has 1 aliphatic rings. The fourth-order valence-electron chi connectivity index (χ4n) is 3.40. The van der Waals surface area contributed by atoms with E-state index in [9.17, 15) is 28.1 Å². The van der Waals surface area contributed by atoms with Crippen molar-refractivity contribution >= 4 is 27.8 Å². The second-order valence-corrected chi connectivity index (χ2v) is 8.84. The van der Waals surface area contributed by atoms with Crippen LogP contribution in [0, 0.1) is 10.1 Å². The van der Waals surface area contributed by atoms with Crippen LogP contribution in [0.5, 0.6) is 0 Å². The van der Waals surface area contributed by atoms with E-state index in [1.807, 2.05) is 0 Å². The summed E-state index contributed by atoms with van der Waals surface area (Å²) in [6, 6.07) is 3.89. The molecule has 0 bridgehead atoms. The van der Waals surface area contributed by atoms with Crippen molar-refractivity contribution in [3.05, 3.63) is 39.9 Å². The zero-order valence-corrected chi connectivity index (χ0v) is 18.2. The maximum atomic E-state index is 12.2. The van der Waals surface area contributed by atoms with Gasteiger partial charge >= 0.3 is 10.3 Å². The molecule has 0 saturated carbocycles. The minimum Gasteiger partial charge on any atom is -0.368 e. The van der Waals surface area contributed by atoms with Gasteiger partial charge in [-0.1, -0.05) is 18.6 Å². The smallest absolute Gasteiger partial charge is 0.362 e. The van der Waals surface area contributed by atoms with Gasteiger partial charge in [-0.15, -0.1) is 0 Å². The van der Waals surface area contributed by atoms with Crippen LogP contribution in [0.15, 0.2) is 24.3 Å². The molecule has 0 radical (unpaired) electrons. The van der Waals surface area contributed by atoms with Gasteiger partial charge in [0.15, 0.2) is 0 Å². The van der Waals surface area contributed by atoms with E-state index in [1.165, 1.54) is 24.3 Å². The first-order valence-electron chi connectivity index (χ1n) is 9.99. The topological polar surface area (TPSA) is 214 Å². The normalized spacial score (nSPS) is 20.1. The fraction of sp³-hybridized carbons (Fsp3) is 0.556. The van der Waals surface area contributed by atoms with Gasteiger partial charge in [0.05, 0.1) is 23.1 Å². The molecule has 178 valence electrons. The van der Waals surface area contributed by atoms with E-state index < -0.39 is 45.2 Å². The molecular formula is C18H28N6O7S. The van der Waals surface area contributed by atoms with Gasteiger partial charge in [-0.2, -0.15) is 8.42 Å². The molecule has 13 nitrogen and oxygen atoms in total. The number of nitrogens with zero attached hydrogens (tertiary/aromatic N) is 2. The minimum absolute atomic E-state index is 0.0000310. The highest BCUT2D eigenvalue weighted by Crippen LogP contribution is 2.24. The van der Waals surface area contributed by atoms with Crippen molar-refractivity contribution in [3.63, 3.8) is 0 Å². The Morgan fingerprint density at radius 2 is 1.94 bits per heavy atom. The van der Waals surface area contributed by atoms with Crippen LogP contribution in [-0.4, -0.2) is 61.3 Å². The third-order valence-electron chi connectivity index (χ3n) is 5.02. The number of benzene rings is 1. The van der Waals surface area contributed by atoms with Gasteiger partial charge in [-0.3, -0.25) is 24.6 Å². The molecule has 14 heteroatoms. The molecule has 0 aliphatic carbocycles. The maximum Gasteiger partial charge on any atom is 0.362 e. The number of nitro benzene ring substituents is 1. The number of nitro groups is 1. The van der Waals surface area contributed by atoms with Crippen molar-refractivity contribution in [1.29, 1.82) is 0 Å². The van der Waals surface area contributed by atoms with Crippen LogP contribution in [0.1, 0.15) is 31.2 Å². The first kappa shape index (κ1) is 25.6. The molecule has 0 aromatic heterocycles. The van der Waals surface area contributed by atoms with Crippen molar-refractivity contribution in [1.82, 2.24) is 9.62 Å². The van der Waals surface area contributed by atoms with Crippen molar-refractivity contribution in [2.45, 2.75) is 50.4 Å². The molecular weight excluding hydrogens is 444 g/mol. The molecule has 1 heterocycles. The van der Waals surface area contributed by atoms with E-state index in [0.29, 0.717) is 24.9 Å². The summed E-state index contributed by atoms with van der Waals surface area (Å²) in [5, 5.41) is 10.8. The number of nitrogens with one attached hydrogen (secondary N) is 1. The Kier molecular flexibility index (Phi) is 9.03. The Bertz CT molecular complexity index is 924. The summed E-state index contributed by atoms with van der Waals surface area (Å²) in [7, 11) is -4.46. The first-order valence-corrected chi connectivity index (χ1v) is 11.4. The SMILES string of the molecule is NCCCC[C@H](N)C(=O)NS(=O)(=O)O[C@@H]1C[C@@H](C(N)=O)N(Cc2ccc([N+](=O)[O-])cc2)C1. The average Bonchev–Trinajstić information content (AvgIpc) is 3.09. The third kappa shape index (κ3) is 7.49. The lowest BCUT2D eigenvalue weighted by Crippen LogP contribution is -2.45. The molecule has 0 spiro atoms. The number of hydrogen-bond donors (Lipinski definition) is 4. The van der Waals surface area contributed by atoms with Crippen molar-refractivity contribution in [2.75, 3.05) is 13.1 Å². The predicted octanol–water partition coefficient (Wildman–Crippen LogP) is -1.14. The number of amides is 2. The van der Waals surface area contributed by atoms with Gasteiger partial charge in [-0.25, -0.2) is 8.91 Å². The number of primary amides is 1. The van der Waals surface area contributed by atoms with Crippen LogP contribution in [0.3, 0.4) is 0 Å². The summed E-state index contributed by atoms with van der Waals surface area (Å²) in [5.41, 5.74) is 17.1. The fourth-order valence-corrected chi connectivity index (χ4v) is 4.34. The zero-order chi connectivity index (χ0) is 23.9. The lowest BCUT2D eigenvalue weighted by molar-refractivity contribution is -0.384. The van der Waals surface area contributed by atoms with Gasteiger partial charge in [-0.05, 0) is 24.9 Å². The van der Waals surface area contributed by atoms with E-state index >= 15 is 0 Å². The lowest BCUT2D eigenvalue weighted by atomic mass is 10.1. The summed E-state index contributed by atoms with van der Waals surface area (Å²) < 4.78 is 31.4. The highest BCUT2D eigenvalue weighted by molar-refractivity contribution is 7.85. The summed E-state index contributed by atoms with van der Waals surface area (Å²) in [6.45, 7) is 0.682. The molecule has 2 rings (SSSR count). The number of non-ortho nitro benzene ring substituents is 1. The maximum absolute atomic E-state index is 12.2. The second kappa shape index (κ2) is 11.3. The van der Waals surface area contributed by atoms with E-state index in [2.05, 4.69) is 0 Å². The predicted molar refractivity (Wildman–Crippen MR) is 114 cm³/mol. The number of carbonyl (C=O) groups is 2. The quantitative estimate of drug-likeness (QED) is 0.163.